The van der Waals surface area contributed by atoms with Gasteiger partial charge < -0.3 is 45.2 Å². The summed E-state index contributed by atoms with van der Waals surface area (Å²) < 4.78 is 42.3. The molecule has 0 aliphatic carbocycles. The Labute approximate surface area is 275 Å². The number of aryl methyl sites for hydroxylation is 2. The van der Waals surface area contributed by atoms with E-state index < -0.39 is 41.8 Å². The molecular weight excluding hydrogens is 651 g/mol. The van der Waals surface area contributed by atoms with Crippen molar-refractivity contribution in [2.45, 2.75) is 32.2 Å². The standard InChI is InChI=1S/C28H22F3N7O.C4H6O6/c1-17-5-6-19(10-25(17)37-27-33-9-7-24(36-27)20-4-3-8-32-14-20)26(39)35-22-11-21(28(29,30)31)12-23(13-22)38-15-18(2)34-16-38;5-1(3(7)8)2(6)4(9)10/h3-16H,1-2H3,(H,35,39)(H,33,36,37);1-2,5-6H,(H,7,8)(H,9,10)/p-2/t;1-,2-/m.1/s1. The van der Waals surface area contributed by atoms with Crippen LogP contribution in [0.3, 0.4) is 0 Å². The van der Waals surface area contributed by atoms with E-state index in [1.54, 1.807) is 62.0 Å². The monoisotopic (exact) mass is 677 g/mol. The summed E-state index contributed by atoms with van der Waals surface area (Å²) in [5, 5.41) is 41.4. The lowest BCUT2D eigenvalue weighted by Gasteiger charge is -2.18. The first-order valence-electron chi connectivity index (χ1n) is 14.1. The number of aromatic nitrogens is 5. The van der Waals surface area contributed by atoms with Gasteiger partial charge in [0.25, 0.3) is 5.91 Å². The molecule has 2 aromatic carbocycles. The lowest BCUT2D eigenvalue weighted by Crippen LogP contribution is -2.51. The quantitative estimate of drug-likeness (QED) is 0.175. The number of rotatable bonds is 9. The van der Waals surface area contributed by atoms with E-state index in [-0.39, 0.29) is 16.9 Å². The summed E-state index contributed by atoms with van der Waals surface area (Å²) >= 11 is 0. The fourth-order valence-corrected chi connectivity index (χ4v) is 4.13. The predicted octanol–water partition coefficient (Wildman–Crippen LogP) is 1.56. The van der Waals surface area contributed by atoms with E-state index in [1.165, 1.54) is 17.0 Å². The largest absolute Gasteiger partial charge is 0.547 e. The highest BCUT2D eigenvalue weighted by Gasteiger charge is 2.31. The molecule has 0 saturated carbocycles. The molecule has 1 amide bonds. The molecule has 0 aliphatic heterocycles. The van der Waals surface area contributed by atoms with Gasteiger partial charge in [-0.15, -0.1) is 0 Å². The minimum absolute atomic E-state index is 0.00114. The van der Waals surface area contributed by atoms with Crippen LogP contribution in [0.25, 0.3) is 16.9 Å². The zero-order valence-electron chi connectivity index (χ0n) is 25.5. The Hall–Kier alpha value is -6.20. The summed E-state index contributed by atoms with van der Waals surface area (Å²) in [6, 6.07) is 13.7. The van der Waals surface area contributed by atoms with Crippen molar-refractivity contribution in [3.8, 4) is 16.9 Å². The van der Waals surface area contributed by atoms with E-state index in [0.29, 0.717) is 23.0 Å². The van der Waals surface area contributed by atoms with Crippen LogP contribution in [-0.2, 0) is 15.8 Å². The molecule has 0 bridgehead atoms. The topological polar surface area (TPSA) is 218 Å². The Morgan fingerprint density at radius 1 is 0.918 bits per heavy atom. The van der Waals surface area contributed by atoms with Crippen LogP contribution in [0.4, 0.5) is 30.5 Å². The number of anilines is 3. The molecule has 0 fully saturated rings. The highest BCUT2D eigenvalue weighted by atomic mass is 19.4. The predicted molar refractivity (Wildman–Crippen MR) is 163 cm³/mol. The van der Waals surface area contributed by atoms with Crippen LogP contribution in [0.5, 0.6) is 0 Å². The van der Waals surface area contributed by atoms with Gasteiger partial charge in [-0.3, -0.25) is 9.78 Å². The molecule has 49 heavy (non-hydrogen) atoms. The third kappa shape index (κ3) is 9.43. The number of halogens is 3. The van der Waals surface area contributed by atoms with Gasteiger partial charge in [-0.2, -0.15) is 13.2 Å². The molecule has 3 heterocycles. The van der Waals surface area contributed by atoms with Crippen molar-refractivity contribution < 1.29 is 48.0 Å². The van der Waals surface area contributed by atoms with Gasteiger partial charge in [0.05, 0.1) is 35.2 Å². The van der Waals surface area contributed by atoms with Gasteiger partial charge in [-0.25, -0.2) is 15.0 Å². The Morgan fingerprint density at radius 2 is 1.63 bits per heavy atom. The Bertz CT molecular complexity index is 1950. The van der Waals surface area contributed by atoms with E-state index in [0.717, 1.165) is 23.3 Å². The number of benzene rings is 2. The van der Waals surface area contributed by atoms with Crippen molar-refractivity contribution in [2.75, 3.05) is 10.6 Å². The third-order valence-electron chi connectivity index (χ3n) is 6.65. The van der Waals surface area contributed by atoms with Crippen LogP contribution in [0.15, 0.2) is 85.7 Å². The van der Waals surface area contributed by atoms with Crippen LogP contribution >= 0.6 is 0 Å². The highest BCUT2D eigenvalue weighted by Crippen LogP contribution is 2.33. The molecule has 5 aromatic rings. The average molecular weight is 678 g/mol. The fourth-order valence-electron chi connectivity index (χ4n) is 4.13. The summed E-state index contributed by atoms with van der Waals surface area (Å²) in [6.45, 7) is 3.58. The summed E-state index contributed by atoms with van der Waals surface area (Å²) in [5.41, 5.74) is 3.09. The molecule has 4 N–H and O–H groups in total. The van der Waals surface area contributed by atoms with Crippen LogP contribution < -0.4 is 20.8 Å². The number of nitrogens with zero attached hydrogens (tertiary/aromatic N) is 5. The Balaban J connectivity index is 0.000000471. The van der Waals surface area contributed by atoms with Gasteiger partial charge in [0.1, 0.15) is 12.2 Å². The molecule has 0 unspecified atom stereocenters. The molecule has 0 radical (unpaired) electrons. The number of pyridine rings is 1. The zero-order valence-corrected chi connectivity index (χ0v) is 25.5. The number of hydrogen-bond donors (Lipinski definition) is 4. The van der Waals surface area contributed by atoms with Gasteiger partial charge in [-0.05, 0) is 67.9 Å². The van der Waals surface area contributed by atoms with Gasteiger partial charge in [0, 0.05) is 53.0 Å². The molecule has 0 spiro atoms. The maximum absolute atomic E-state index is 13.6. The molecule has 14 nitrogen and oxygen atoms in total. The first kappa shape index (κ1) is 35.7. The number of aliphatic carboxylic acids is 2. The first-order valence-corrected chi connectivity index (χ1v) is 14.1. The highest BCUT2D eigenvalue weighted by molar-refractivity contribution is 6.05. The van der Waals surface area contributed by atoms with Crippen molar-refractivity contribution in [2.24, 2.45) is 0 Å². The van der Waals surface area contributed by atoms with Gasteiger partial charge >= 0.3 is 6.18 Å². The molecule has 17 heteroatoms. The number of imidazole rings is 1. The third-order valence-corrected chi connectivity index (χ3v) is 6.65. The first-order chi connectivity index (χ1) is 23.1. The van der Waals surface area contributed by atoms with Crippen LogP contribution in [0.1, 0.15) is 27.2 Å². The van der Waals surface area contributed by atoms with E-state index in [9.17, 15) is 37.8 Å². The number of carbonyl (C=O) groups is 3. The number of carboxylic acid groups (broad SMARTS) is 2. The summed E-state index contributed by atoms with van der Waals surface area (Å²) in [4.78, 5) is 49.3. The maximum atomic E-state index is 13.6. The van der Waals surface area contributed by atoms with Gasteiger partial charge in [0.2, 0.25) is 5.95 Å². The number of aliphatic hydroxyl groups is 2. The van der Waals surface area contributed by atoms with E-state index >= 15 is 0 Å². The normalized spacial score (nSPS) is 12.2. The van der Waals surface area contributed by atoms with Crippen molar-refractivity contribution in [1.29, 1.82) is 0 Å². The second-order valence-electron chi connectivity index (χ2n) is 10.3. The maximum Gasteiger partial charge on any atom is 0.416 e. The number of amides is 1. The summed E-state index contributed by atoms with van der Waals surface area (Å²) in [7, 11) is 0. The SMILES string of the molecule is Cc1cn(-c2cc(NC(=O)c3ccc(C)c(Nc4nccc(-c5cccnc5)n4)c3)cc(C(F)(F)F)c2)cn1.O=C([O-])[C@H](O)[C@@H](O)C(=O)[O-]. The summed E-state index contributed by atoms with van der Waals surface area (Å²) in [6.07, 6.45) is -1.50. The van der Waals surface area contributed by atoms with Gasteiger partial charge in [-0.1, -0.05) is 6.07 Å². The molecule has 254 valence electrons. The van der Waals surface area contributed by atoms with E-state index in [1.807, 2.05) is 13.0 Å². The number of hydrogen-bond acceptors (Lipinski definition) is 12. The average Bonchev–Trinajstić information content (AvgIpc) is 3.51. The minimum atomic E-state index is -4.60. The lowest BCUT2D eigenvalue weighted by atomic mass is 10.1. The Kier molecular flexibility index (Phi) is 11.0. The number of carboxylic acids is 2. The molecule has 0 saturated heterocycles. The zero-order chi connectivity index (χ0) is 35.9. The number of aliphatic hydroxyl groups excluding tert-OH is 2. The molecule has 2 atom stereocenters. The van der Waals surface area contributed by atoms with Crippen LogP contribution in [0, 0.1) is 13.8 Å². The number of alkyl halides is 3. The van der Waals surface area contributed by atoms with Crippen molar-refractivity contribution >= 4 is 35.2 Å². The van der Waals surface area contributed by atoms with Crippen molar-refractivity contribution in [3.05, 3.63) is 108 Å². The molecule has 0 aliphatic rings. The smallest absolute Gasteiger partial charge is 0.416 e. The van der Waals surface area contributed by atoms with Crippen molar-refractivity contribution in [3.63, 3.8) is 0 Å². The second kappa shape index (κ2) is 15.1. The van der Waals surface area contributed by atoms with Crippen LogP contribution in [-0.4, -0.2) is 64.8 Å². The number of carbonyl (C=O) groups excluding carboxylic acids is 3. The Morgan fingerprint density at radius 3 is 2.22 bits per heavy atom. The molecule has 5 rings (SSSR count). The lowest BCUT2D eigenvalue weighted by molar-refractivity contribution is -0.333. The fraction of sp³-hybridized carbons (Fsp3) is 0.156. The van der Waals surface area contributed by atoms with E-state index in [2.05, 4.69) is 30.6 Å². The second-order valence-corrected chi connectivity index (χ2v) is 10.3. The van der Waals surface area contributed by atoms with Crippen molar-refractivity contribution in [1.82, 2.24) is 24.5 Å². The molecule has 3 aromatic heterocycles. The number of nitrogens with one attached hydrogen (secondary N) is 2. The van der Waals surface area contributed by atoms with E-state index in [4.69, 9.17) is 10.2 Å². The van der Waals surface area contributed by atoms with Crippen LogP contribution in [0.2, 0.25) is 0 Å². The minimum Gasteiger partial charge on any atom is -0.547 e. The molecular formula is C32H26F3N7O7-2. The summed E-state index contributed by atoms with van der Waals surface area (Å²) in [5.74, 6) is -4.38. The van der Waals surface area contributed by atoms with Gasteiger partial charge in [0.15, 0.2) is 0 Å².